The van der Waals surface area contributed by atoms with E-state index < -0.39 is 0 Å². The van der Waals surface area contributed by atoms with E-state index in [0.29, 0.717) is 32.1 Å². The second-order valence-corrected chi connectivity index (χ2v) is 8.06. The summed E-state index contributed by atoms with van der Waals surface area (Å²) in [6, 6.07) is 20.5. The molecule has 5 rings (SSSR count). The molecule has 4 aromatic rings. The van der Waals surface area contributed by atoms with E-state index in [4.69, 9.17) is 15.7 Å². The molecule has 0 spiro atoms. The normalized spacial score (nSPS) is 13.2. The minimum Gasteiger partial charge on any atom is -0.366 e. The molecule has 0 aliphatic carbocycles. The van der Waals surface area contributed by atoms with E-state index in [1.165, 1.54) is 5.56 Å². The standard InChI is InChI=1S/C25H26N6O/c1-17(32)30-12-11-21-22(16-30)28-25(29-24(21)27-15-18-7-3-2-4-8-18)31-20(14-26)13-19-9-5-6-10-23(19)31/h2-10,13H,11-12,14-16,26H2,1H3,(H,27,28,29). The number of hydrogen-bond acceptors (Lipinski definition) is 5. The van der Waals surface area contributed by atoms with Gasteiger partial charge in [-0.2, -0.15) is 4.98 Å². The maximum absolute atomic E-state index is 12.0. The van der Waals surface area contributed by atoms with Gasteiger partial charge >= 0.3 is 0 Å². The highest BCUT2D eigenvalue weighted by Crippen LogP contribution is 2.28. The van der Waals surface area contributed by atoms with E-state index in [2.05, 4.69) is 35.6 Å². The summed E-state index contributed by atoms with van der Waals surface area (Å²) in [5, 5.41) is 4.62. The zero-order chi connectivity index (χ0) is 22.1. The predicted octanol–water partition coefficient (Wildman–Crippen LogP) is 3.40. The lowest BCUT2D eigenvalue weighted by atomic mass is 10.1. The smallest absolute Gasteiger partial charge is 0.236 e. The maximum Gasteiger partial charge on any atom is 0.236 e. The van der Waals surface area contributed by atoms with Crippen molar-refractivity contribution in [1.82, 2.24) is 19.4 Å². The molecule has 0 bridgehead atoms. The van der Waals surface area contributed by atoms with Crippen LogP contribution >= 0.6 is 0 Å². The fourth-order valence-corrected chi connectivity index (χ4v) is 4.31. The van der Waals surface area contributed by atoms with Gasteiger partial charge in [0.25, 0.3) is 0 Å². The molecular weight excluding hydrogens is 400 g/mol. The SMILES string of the molecule is CC(=O)N1CCc2c(nc(-n3c(CN)cc4ccccc43)nc2NCc2ccccc2)C1. The van der Waals surface area contributed by atoms with Crippen molar-refractivity contribution in [3.8, 4) is 5.95 Å². The Morgan fingerprint density at radius 3 is 2.66 bits per heavy atom. The average Bonchev–Trinajstić information content (AvgIpc) is 3.21. The second-order valence-electron chi connectivity index (χ2n) is 8.06. The van der Waals surface area contributed by atoms with Crippen LogP contribution in [0, 0.1) is 0 Å². The zero-order valence-corrected chi connectivity index (χ0v) is 18.1. The summed E-state index contributed by atoms with van der Waals surface area (Å²) < 4.78 is 2.02. The molecule has 0 saturated heterocycles. The first kappa shape index (κ1) is 20.2. The van der Waals surface area contributed by atoms with Crippen LogP contribution in [0.1, 0.15) is 29.4 Å². The number of carbonyl (C=O) groups is 1. The van der Waals surface area contributed by atoms with Crippen molar-refractivity contribution < 1.29 is 4.79 Å². The molecular formula is C25H26N6O. The fraction of sp³-hybridized carbons (Fsp3) is 0.240. The van der Waals surface area contributed by atoms with Gasteiger partial charge in [-0.3, -0.25) is 9.36 Å². The average molecular weight is 427 g/mol. The molecule has 3 N–H and O–H groups in total. The van der Waals surface area contributed by atoms with Gasteiger partial charge in [-0.1, -0.05) is 48.5 Å². The molecule has 7 heteroatoms. The minimum absolute atomic E-state index is 0.0590. The monoisotopic (exact) mass is 426 g/mol. The fourth-order valence-electron chi connectivity index (χ4n) is 4.31. The van der Waals surface area contributed by atoms with Gasteiger partial charge < -0.3 is 16.0 Å². The van der Waals surface area contributed by atoms with Crippen LogP contribution in [0.5, 0.6) is 0 Å². The van der Waals surface area contributed by atoms with Crippen LogP contribution in [0.25, 0.3) is 16.9 Å². The number of nitrogens with one attached hydrogen (secondary N) is 1. The third kappa shape index (κ3) is 3.71. The number of para-hydroxylation sites is 1. The number of fused-ring (bicyclic) bond motifs is 2. The molecule has 0 atom stereocenters. The number of nitrogens with zero attached hydrogens (tertiary/aromatic N) is 4. The molecule has 0 fully saturated rings. The first-order valence-corrected chi connectivity index (χ1v) is 10.9. The van der Waals surface area contributed by atoms with Crippen molar-refractivity contribution in [1.29, 1.82) is 0 Å². The van der Waals surface area contributed by atoms with Gasteiger partial charge in [0.1, 0.15) is 5.82 Å². The lowest BCUT2D eigenvalue weighted by Gasteiger charge is -2.29. The Bertz CT molecular complexity index is 1280. The highest BCUT2D eigenvalue weighted by molar-refractivity contribution is 5.83. The first-order valence-electron chi connectivity index (χ1n) is 10.9. The Labute approximate surface area is 186 Å². The van der Waals surface area contributed by atoms with Gasteiger partial charge in [0.2, 0.25) is 11.9 Å². The largest absolute Gasteiger partial charge is 0.366 e. The van der Waals surface area contributed by atoms with Gasteiger partial charge in [-0.15, -0.1) is 0 Å². The number of carbonyl (C=O) groups excluding carboxylic acids is 1. The van der Waals surface area contributed by atoms with Crippen LogP contribution in [-0.4, -0.2) is 31.9 Å². The van der Waals surface area contributed by atoms with E-state index in [1.54, 1.807) is 6.92 Å². The number of hydrogen-bond donors (Lipinski definition) is 2. The van der Waals surface area contributed by atoms with Crippen molar-refractivity contribution in [3.05, 3.63) is 83.2 Å². The van der Waals surface area contributed by atoms with Crippen LogP contribution in [0.2, 0.25) is 0 Å². The Kier molecular flexibility index (Phi) is 5.33. The van der Waals surface area contributed by atoms with Crippen LogP contribution in [0.4, 0.5) is 5.82 Å². The molecule has 162 valence electrons. The van der Waals surface area contributed by atoms with E-state index in [1.807, 2.05) is 39.8 Å². The minimum atomic E-state index is 0.0590. The molecule has 0 saturated carbocycles. The lowest BCUT2D eigenvalue weighted by molar-refractivity contribution is -0.129. The van der Waals surface area contributed by atoms with Gasteiger partial charge in [-0.25, -0.2) is 4.98 Å². The van der Waals surface area contributed by atoms with E-state index in [9.17, 15) is 4.79 Å². The number of rotatable bonds is 5. The second kappa shape index (κ2) is 8.43. The van der Waals surface area contributed by atoms with Crippen molar-refractivity contribution in [2.24, 2.45) is 5.73 Å². The Balaban J connectivity index is 1.62. The molecule has 7 nitrogen and oxygen atoms in total. The topological polar surface area (TPSA) is 89.1 Å². The molecule has 3 heterocycles. The first-order chi connectivity index (χ1) is 15.6. The predicted molar refractivity (Wildman–Crippen MR) is 125 cm³/mol. The zero-order valence-electron chi connectivity index (χ0n) is 18.1. The number of anilines is 1. The van der Waals surface area contributed by atoms with Crippen LogP contribution in [0.15, 0.2) is 60.7 Å². The molecule has 1 aliphatic rings. The summed E-state index contributed by atoms with van der Waals surface area (Å²) in [5.41, 5.74) is 11.2. The Hall–Kier alpha value is -3.71. The molecule has 0 radical (unpaired) electrons. The van der Waals surface area contributed by atoms with Gasteiger partial charge in [0.15, 0.2) is 0 Å². The number of aromatic nitrogens is 3. The van der Waals surface area contributed by atoms with Crippen molar-refractivity contribution >= 4 is 22.6 Å². The number of amides is 1. The van der Waals surface area contributed by atoms with Gasteiger partial charge in [0, 0.05) is 43.2 Å². The summed E-state index contributed by atoms with van der Waals surface area (Å²) in [5.74, 6) is 1.45. The molecule has 2 aromatic heterocycles. The quantitative estimate of drug-likeness (QED) is 0.511. The molecule has 2 aromatic carbocycles. The Morgan fingerprint density at radius 2 is 1.88 bits per heavy atom. The Morgan fingerprint density at radius 1 is 1.09 bits per heavy atom. The number of benzene rings is 2. The van der Waals surface area contributed by atoms with Crippen molar-refractivity contribution in [2.75, 3.05) is 11.9 Å². The van der Waals surface area contributed by atoms with Crippen LogP contribution in [-0.2, 0) is 30.8 Å². The highest BCUT2D eigenvalue weighted by Gasteiger charge is 2.25. The molecule has 1 aliphatic heterocycles. The summed E-state index contributed by atoms with van der Waals surface area (Å²) in [4.78, 5) is 23.7. The van der Waals surface area contributed by atoms with Gasteiger partial charge in [-0.05, 0) is 24.1 Å². The molecule has 32 heavy (non-hydrogen) atoms. The van der Waals surface area contributed by atoms with E-state index in [0.717, 1.165) is 40.1 Å². The lowest BCUT2D eigenvalue weighted by Crippen LogP contribution is -2.35. The highest BCUT2D eigenvalue weighted by atomic mass is 16.2. The summed E-state index contributed by atoms with van der Waals surface area (Å²) >= 11 is 0. The van der Waals surface area contributed by atoms with E-state index in [-0.39, 0.29) is 5.91 Å². The maximum atomic E-state index is 12.0. The third-order valence-corrected chi connectivity index (χ3v) is 6.00. The van der Waals surface area contributed by atoms with Crippen molar-refractivity contribution in [3.63, 3.8) is 0 Å². The van der Waals surface area contributed by atoms with Crippen molar-refractivity contribution in [2.45, 2.75) is 33.0 Å². The molecule has 1 amide bonds. The van der Waals surface area contributed by atoms with Crippen LogP contribution in [0.3, 0.4) is 0 Å². The van der Waals surface area contributed by atoms with Crippen LogP contribution < -0.4 is 11.1 Å². The van der Waals surface area contributed by atoms with Gasteiger partial charge in [0.05, 0.1) is 17.8 Å². The summed E-state index contributed by atoms with van der Waals surface area (Å²) in [6.45, 7) is 3.80. The third-order valence-electron chi connectivity index (χ3n) is 6.00. The van der Waals surface area contributed by atoms with E-state index >= 15 is 0 Å². The number of nitrogens with two attached hydrogens (primary N) is 1. The summed E-state index contributed by atoms with van der Waals surface area (Å²) in [6.07, 6.45) is 0.725. The molecule has 0 unspecified atom stereocenters. The summed E-state index contributed by atoms with van der Waals surface area (Å²) in [7, 11) is 0.